The maximum atomic E-state index is 13.0. The lowest BCUT2D eigenvalue weighted by Gasteiger charge is -2.14. The topological polar surface area (TPSA) is 77.1 Å². The number of thiocarbonyl (C=S) groups is 1. The summed E-state index contributed by atoms with van der Waals surface area (Å²) in [6, 6.07) is 20.0. The van der Waals surface area contributed by atoms with Gasteiger partial charge in [0.2, 0.25) is 6.79 Å². The highest BCUT2D eigenvalue weighted by Crippen LogP contribution is 2.40. The molecule has 3 aromatic carbocycles. The summed E-state index contributed by atoms with van der Waals surface area (Å²) >= 11 is 6.69. The van der Waals surface area contributed by atoms with Crippen LogP contribution in [-0.2, 0) is 9.59 Å². The highest BCUT2D eigenvalue weighted by Gasteiger charge is 2.34. The Labute approximate surface area is 211 Å². The predicted molar refractivity (Wildman–Crippen MR) is 140 cm³/mol. The van der Waals surface area contributed by atoms with Crippen LogP contribution in [-0.4, -0.2) is 29.5 Å². The van der Waals surface area contributed by atoms with Gasteiger partial charge in [-0.3, -0.25) is 14.5 Å². The number of rotatable bonds is 6. The van der Waals surface area contributed by atoms with E-state index in [0.717, 1.165) is 16.8 Å². The molecule has 1 N–H and O–H groups in total. The summed E-state index contributed by atoms with van der Waals surface area (Å²) < 4.78 is 16.8. The Hall–Kier alpha value is -3.82. The second-order valence-corrected chi connectivity index (χ2v) is 9.51. The molecule has 0 spiro atoms. The zero-order chi connectivity index (χ0) is 24.4. The standard InChI is InChI=1S/C26H20N2O5S2/c1-16-3-2-4-18(11-16)27-24(29)14-31-20-8-5-17(6-9-20)12-23-25(30)28(26(34)35-23)19-7-10-21-22(13-19)33-15-32-21/h2-13H,14-15H2,1H3,(H,27,29)/b23-12+. The number of hydrogen-bond acceptors (Lipinski definition) is 7. The third-order valence-electron chi connectivity index (χ3n) is 5.26. The van der Waals surface area contributed by atoms with Crippen LogP contribution >= 0.6 is 24.0 Å². The Bertz CT molecular complexity index is 1350. The number of aryl methyl sites for hydroxylation is 1. The van der Waals surface area contributed by atoms with Crippen LogP contribution in [0.1, 0.15) is 11.1 Å². The molecule has 0 aliphatic carbocycles. The normalized spacial score (nSPS) is 15.6. The minimum absolute atomic E-state index is 0.110. The van der Waals surface area contributed by atoms with Crippen LogP contribution in [0.3, 0.4) is 0 Å². The molecule has 3 aromatic rings. The van der Waals surface area contributed by atoms with E-state index in [0.29, 0.717) is 32.2 Å². The number of carbonyl (C=O) groups excluding carboxylic acids is 2. The largest absolute Gasteiger partial charge is 0.484 e. The number of ether oxygens (including phenoxy) is 3. The number of anilines is 2. The summed E-state index contributed by atoms with van der Waals surface area (Å²) in [4.78, 5) is 27.2. The Morgan fingerprint density at radius 1 is 1.11 bits per heavy atom. The van der Waals surface area contributed by atoms with Gasteiger partial charge in [0.05, 0.1) is 10.6 Å². The van der Waals surface area contributed by atoms with Gasteiger partial charge < -0.3 is 19.5 Å². The van der Waals surface area contributed by atoms with Crippen molar-refractivity contribution in [3.8, 4) is 17.2 Å². The maximum absolute atomic E-state index is 13.0. The van der Waals surface area contributed by atoms with Gasteiger partial charge in [0.15, 0.2) is 22.4 Å². The number of thioether (sulfide) groups is 1. The number of benzene rings is 3. The molecule has 176 valence electrons. The molecule has 2 aliphatic heterocycles. The molecule has 9 heteroatoms. The van der Waals surface area contributed by atoms with E-state index < -0.39 is 0 Å². The highest BCUT2D eigenvalue weighted by atomic mass is 32.2. The van der Waals surface area contributed by atoms with Crippen molar-refractivity contribution in [1.82, 2.24) is 0 Å². The fraction of sp³-hybridized carbons (Fsp3) is 0.115. The van der Waals surface area contributed by atoms with Crippen molar-refractivity contribution in [3.63, 3.8) is 0 Å². The molecule has 0 aromatic heterocycles. The van der Waals surface area contributed by atoms with Crippen LogP contribution in [0, 0.1) is 6.92 Å². The van der Waals surface area contributed by atoms with E-state index in [9.17, 15) is 9.59 Å². The summed E-state index contributed by atoms with van der Waals surface area (Å²) in [6.07, 6.45) is 1.78. The van der Waals surface area contributed by atoms with Crippen LogP contribution in [0.2, 0.25) is 0 Å². The van der Waals surface area contributed by atoms with Gasteiger partial charge in [0.1, 0.15) is 5.75 Å². The van der Waals surface area contributed by atoms with Gasteiger partial charge in [-0.25, -0.2) is 0 Å². The summed E-state index contributed by atoms with van der Waals surface area (Å²) in [5, 5.41) is 2.81. The van der Waals surface area contributed by atoms with Crippen molar-refractivity contribution < 1.29 is 23.8 Å². The monoisotopic (exact) mass is 504 g/mol. The SMILES string of the molecule is Cc1cccc(NC(=O)COc2ccc(/C=C3/SC(=S)N(c4ccc5c(c4)OCO5)C3=O)cc2)c1. The Morgan fingerprint density at radius 3 is 2.71 bits per heavy atom. The molecule has 0 bridgehead atoms. The van der Waals surface area contributed by atoms with E-state index in [2.05, 4.69) is 5.32 Å². The van der Waals surface area contributed by atoms with E-state index in [1.807, 2.05) is 43.3 Å². The molecular weight excluding hydrogens is 484 g/mol. The molecule has 2 heterocycles. The van der Waals surface area contributed by atoms with Crippen LogP contribution in [0.4, 0.5) is 11.4 Å². The average Bonchev–Trinajstić information content (AvgIpc) is 3.42. The fourth-order valence-electron chi connectivity index (χ4n) is 3.60. The van der Waals surface area contributed by atoms with Crippen molar-refractivity contribution in [2.24, 2.45) is 0 Å². The fourth-order valence-corrected chi connectivity index (χ4v) is 4.89. The molecular formula is C26H20N2O5S2. The van der Waals surface area contributed by atoms with Gasteiger partial charge in [-0.15, -0.1) is 0 Å². The van der Waals surface area contributed by atoms with Crippen LogP contribution < -0.4 is 24.4 Å². The quantitative estimate of drug-likeness (QED) is 0.368. The lowest BCUT2D eigenvalue weighted by Crippen LogP contribution is -2.27. The van der Waals surface area contributed by atoms with Crippen molar-refractivity contribution in [1.29, 1.82) is 0 Å². The number of amides is 2. The van der Waals surface area contributed by atoms with Gasteiger partial charge in [-0.05, 0) is 60.5 Å². The number of hydrogen-bond donors (Lipinski definition) is 1. The van der Waals surface area contributed by atoms with Crippen LogP contribution in [0.25, 0.3) is 6.08 Å². The first-order chi connectivity index (χ1) is 17.0. The summed E-state index contributed by atoms with van der Waals surface area (Å²) in [6.45, 7) is 2.01. The second-order valence-electron chi connectivity index (χ2n) is 7.83. The molecule has 5 rings (SSSR count). The first-order valence-electron chi connectivity index (χ1n) is 10.7. The smallest absolute Gasteiger partial charge is 0.270 e. The number of nitrogens with zero attached hydrogens (tertiary/aromatic N) is 1. The van der Waals surface area contributed by atoms with Gasteiger partial charge in [0.25, 0.3) is 11.8 Å². The van der Waals surface area contributed by atoms with Crippen LogP contribution in [0.15, 0.2) is 71.6 Å². The number of carbonyl (C=O) groups is 2. The molecule has 1 saturated heterocycles. The zero-order valence-electron chi connectivity index (χ0n) is 18.6. The highest BCUT2D eigenvalue weighted by molar-refractivity contribution is 8.27. The second kappa shape index (κ2) is 9.81. The van der Waals surface area contributed by atoms with E-state index in [-0.39, 0.29) is 25.2 Å². The minimum atomic E-state index is -0.244. The van der Waals surface area contributed by atoms with Crippen LogP contribution in [0.5, 0.6) is 17.2 Å². The number of fused-ring (bicyclic) bond motifs is 1. The molecule has 7 nitrogen and oxygen atoms in total. The minimum Gasteiger partial charge on any atom is -0.484 e. The lowest BCUT2D eigenvalue weighted by molar-refractivity contribution is -0.118. The average molecular weight is 505 g/mol. The van der Waals surface area contributed by atoms with Crippen molar-refractivity contribution in [2.75, 3.05) is 23.6 Å². The maximum Gasteiger partial charge on any atom is 0.270 e. The van der Waals surface area contributed by atoms with Crippen molar-refractivity contribution in [3.05, 3.63) is 82.8 Å². The first kappa shape index (κ1) is 22.9. The Morgan fingerprint density at radius 2 is 1.91 bits per heavy atom. The van der Waals surface area contributed by atoms with E-state index in [1.165, 1.54) is 16.7 Å². The predicted octanol–water partition coefficient (Wildman–Crippen LogP) is 5.15. The van der Waals surface area contributed by atoms with E-state index in [1.54, 1.807) is 36.4 Å². The summed E-state index contributed by atoms with van der Waals surface area (Å²) in [5.41, 5.74) is 3.24. The third-order valence-corrected chi connectivity index (χ3v) is 6.56. The molecule has 2 aliphatic rings. The third kappa shape index (κ3) is 5.16. The van der Waals surface area contributed by atoms with Gasteiger partial charge in [-0.1, -0.05) is 48.2 Å². The summed E-state index contributed by atoms with van der Waals surface area (Å²) in [5.74, 6) is 1.33. The van der Waals surface area contributed by atoms with Crippen molar-refractivity contribution in [2.45, 2.75) is 6.92 Å². The molecule has 35 heavy (non-hydrogen) atoms. The molecule has 2 amide bonds. The first-order valence-corrected chi connectivity index (χ1v) is 12.0. The molecule has 0 radical (unpaired) electrons. The molecule has 0 saturated carbocycles. The lowest BCUT2D eigenvalue weighted by atomic mass is 10.2. The molecule has 0 atom stereocenters. The van der Waals surface area contributed by atoms with E-state index in [4.69, 9.17) is 26.4 Å². The Kier molecular flexibility index (Phi) is 6.43. The van der Waals surface area contributed by atoms with Gasteiger partial charge in [-0.2, -0.15) is 0 Å². The van der Waals surface area contributed by atoms with E-state index >= 15 is 0 Å². The molecule has 1 fully saturated rings. The summed E-state index contributed by atoms with van der Waals surface area (Å²) in [7, 11) is 0. The van der Waals surface area contributed by atoms with Gasteiger partial charge in [0, 0.05) is 11.8 Å². The zero-order valence-corrected chi connectivity index (χ0v) is 20.3. The number of nitrogens with one attached hydrogen (secondary N) is 1. The Balaban J connectivity index is 1.21. The van der Waals surface area contributed by atoms with Crippen molar-refractivity contribution >= 4 is 57.6 Å². The molecule has 0 unspecified atom stereocenters. The van der Waals surface area contributed by atoms with Gasteiger partial charge >= 0.3 is 0 Å².